The first-order chi connectivity index (χ1) is 15.6. The van der Waals surface area contributed by atoms with Crippen LogP contribution in [0.5, 0.6) is 0 Å². The average molecular weight is 487 g/mol. The molecule has 0 radical (unpaired) electrons. The Labute approximate surface area is 199 Å². The van der Waals surface area contributed by atoms with Crippen molar-refractivity contribution in [3.8, 4) is 0 Å². The molecule has 194 valence electrons. The van der Waals surface area contributed by atoms with Gasteiger partial charge in [-0.25, -0.2) is 4.79 Å². The molecule has 0 heterocycles. The standard InChI is InChI=1S/C22H38N4O8/c1-11(2)9-16(22(32)33)25-21(31)19(13(5)34-18(29)10-12(3)4)26-20(30)15(24-14(6)27)7-8-17(23)28/h11-13,15-16,19H,7-10H2,1-6H3,(H2,23,28)(H,24,27)(H,25,31)(H,26,30)(H,32,33). The Morgan fingerprint density at radius 1 is 0.853 bits per heavy atom. The van der Waals surface area contributed by atoms with Gasteiger partial charge in [-0.3, -0.25) is 24.0 Å². The molecule has 0 aliphatic heterocycles. The van der Waals surface area contributed by atoms with E-state index in [1.54, 1.807) is 27.7 Å². The summed E-state index contributed by atoms with van der Waals surface area (Å²) in [5.74, 6) is -4.85. The second kappa shape index (κ2) is 14.9. The molecule has 0 aliphatic carbocycles. The van der Waals surface area contributed by atoms with Crippen LogP contribution in [0.25, 0.3) is 0 Å². The lowest BCUT2D eigenvalue weighted by molar-refractivity contribution is -0.154. The number of carboxylic acids is 1. The molecule has 4 unspecified atom stereocenters. The van der Waals surface area contributed by atoms with E-state index < -0.39 is 59.8 Å². The van der Waals surface area contributed by atoms with Gasteiger partial charge in [-0.1, -0.05) is 27.7 Å². The van der Waals surface area contributed by atoms with Gasteiger partial charge in [0, 0.05) is 19.8 Å². The van der Waals surface area contributed by atoms with E-state index in [9.17, 15) is 33.9 Å². The summed E-state index contributed by atoms with van der Waals surface area (Å²) in [5, 5.41) is 16.6. The van der Waals surface area contributed by atoms with Crippen molar-refractivity contribution >= 4 is 35.6 Å². The van der Waals surface area contributed by atoms with Crippen LogP contribution in [-0.2, 0) is 33.5 Å². The second-order valence-corrected chi connectivity index (χ2v) is 9.07. The lowest BCUT2D eigenvalue weighted by Gasteiger charge is -2.28. The molecule has 0 aromatic carbocycles. The lowest BCUT2D eigenvalue weighted by Crippen LogP contribution is -2.59. The molecule has 6 N–H and O–H groups in total. The highest BCUT2D eigenvalue weighted by Crippen LogP contribution is 2.10. The predicted molar refractivity (Wildman–Crippen MR) is 122 cm³/mol. The zero-order valence-corrected chi connectivity index (χ0v) is 20.7. The summed E-state index contributed by atoms with van der Waals surface area (Å²) < 4.78 is 5.30. The Morgan fingerprint density at radius 2 is 1.44 bits per heavy atom. The number of aliphatic carboxylic acids is 1. The number of rotatable bonds is 15. The highest BCUT2D eigenvalue weighted by Gasteiger charge is 2.34. The largest absolute Gasteiger partial charge is 0.480 e. The quantitative estimate of drug-likeness (QED) is 0.197. The fraction of sp³-hybridized carbons (Fsp3) is 0.727. The smallest absolute Gasteiger partial charge is 0.326 e. The van der Waals surface area contributed by atoms with Gasteiger partial charge < -0.3 is 31.5 Å². The van der Waals surface area contributed by atoms with Crippen molar-refractivity contribution in [3.63, 3.8) is 0 Å². The van der Waals surface area contributed by atoms with Crippen LogP contribution in [-0.4, -0.2) is 64.9 Å². The van der Waals surface area contributed by atoms with Crippen molar-refractivity contribution in [2.24, 2.45) is 17.6 Å². The zero-order chi connectivity index (χ0) is 26.6. The molecular weight excluding hydrogens is 448 g/mol. The second-order valence-electron chi connectivity index (χ2n) is 9.07. The van der Waals surface area contributed by atoms with Gasteiger partial charge in [-0.2, -0.15) is 0 Å². The first-order valence-electron chi connectivity index (χ1n) is 11.2. The van der Waals surface area contributed by atoms with Crippen LogP contribution in [0.3, 0.4) is 0 Å². The van der Waals surface area contributed by atoms with Gasteiger partial charge in [0.25, 0.3) is 0 Å². The van der Waals surface area contributed by atoms with Gasteiger partial charge in [-0.05, 0) is 31.6 Å². The van der Waals surface area contributed by atoms with Crippen molar-refractivity contribution in [2.45, 2.75) is 91.5 Å². The molecular formula is C22H38N4O8. The Bertz CT molecular complexity index is 753. The number of carboxylic acid groups (broad SMARTS) is 1. The highest BCUT2D eigenvalue weighted by molar-refractivity contribution is 5.94. The molecule has 0 saturated heterocycles. The minimum atomic E-state index is -1.46. The van der Waals surface area contributed by atoms with Crippen LogP contribution in [0, 0.1) is 11.8 Å². The Hall–Kier alpha value is -3.18. The summed E-state index contributed by atoms with van der Waals surface area (Å²) in [6.45, 7) is 9.74. The third-order valence-electron chi connectivity index (χ3n) is 4.64. The number of esters is 1. The molecule has 12 heteroatoms. The number of hydrogen-bond donors (Lipinski definition) is 5. The maximum Gasteiger partial charge on any atom is 0.326 e. The van der Waals surface area contributed by atoms with Crippen molar-refractivity contribution in [1.82, 2.24) is 16.0 Å². The van der Waals surface area contributed by atoms with Gasteiger partial charge in [0.15, 0.2) is 0 Å². The summed E-state index contributed by atoms with van der Waals surface area (Å²) in [5.41, 5.74) is 5.13. The van der Waals surface area contributed by atoms with E-state index in [4.69, 9.17) is 10.5 Å². The van der Waals surface area contributed by atoms with E-state index >= 15 is 0 Å². The molecule has 0 saturated carbocycles. The molecule has 0 fully saturated rings. The topological polar surface area (TPSA) is 194 Å². The maximum atomic E-state index is 13.0. The molecule has 4 atom stereocenters. The first kappa shape index (κ1) is 30.8. The number of amides is 4. The molecule has 0 rings (SSSR count). The minimum absolute atomic E-state index is 0.0121. The lowest BCUT2D eigenvalue weighted by atomic mass is 10.0. The Morgan fingerprint density at radius 3 is 1.88 bits per heavy atom. The van der Waals surface area contributed by atoms with E-state index in [1.807, 2.05) is 0 Å². The average Bonchev–Trinajstić information content (AvgIpc) is 2.66. The van der Waals surface area contributed by atoms with Crippen molar-refractivity contribution < 1.29 is 38.6 Å². The molecule has 34 heavy (non-hydrogen) atoms. The predicted octanol–water partition coefficient (Wildman–Crippen LogP) is -0.165. The summed E-state index contributed by atoms with van der Waals surface area (Å²) in [7, 11) is 0. The summed E-state index contributed by atoms with van der Waals surface area (Å²) >= 11 is 0. The van der Waals surface area contributed by atoms with Crippen LogP contribution in [0.1, 0.15) is 67.2 Å². The number of hydrogen-bond acceptors (Lipinski definition) is 7. The van der Waals surface area contributed by atoms with Crippen molar-refractivity contribution in [3.05, 3.63) is 0 Å². The maximum absolute atomic E-state index is 13.0. The number of primary amides is 1. The Balaban J connectivity index is 5.78. The molecule has 12 nitrogen and oxygen atoms in total. The fourth-order valence-electron chi connectivity index (χ4n) is 3.06. The molecule has 0 aliphatic rings. The van der Waals surface area contributed by atoms with Crippen molar-refractivity contribution in [2.75, 3.05) is 0 Å². The molecule has 0 spiro atoms. The van der Waals surface area contributed by atoms with E-state index in [1.165, 1.54) is 13.8 Å². The Kier molecular flexibility index (Phi) is 13.5. The van der Waals surface area contributed by atoms with Gasteiger partial charge in [0.05, 0.1) is 0 Å². The SMILES string of the molecule is CC(=O)NC(CCC(N)=O)C(=O)NC(C(=O)NC(CC(C)C)C(=O)O)C(C)OC(=O)CC(C)C. The third kappa shape index (κ3) is 12.8. The van der Waals surface area contributed by atoms with Crippen LogP contribution >= 0.6 is 0 Å². The summed E-state index contributed by atoms with van der Waals surface area (Å²) in [4.78, 5) is 72.2. The number of nitrogens with two attached hydrogens (primary N) is 1. The molecule has 0 bridgehead atoms. The van der Waals surface area contributed by atoms with Crippen molar-refractivity contribution in [1.29, 1.82) is 0 Å². The van der Waals surface area contributed by atoms with Crippen LogP contribution in [0.2, 0.25) is 0 Å². The minimum Gasteiger partial charge on any atom is -0.480 e. The number of carbonyl (C=O) groups excluding carboxylic acids is 5. The third-order valence-corrected chi connectivity index (χ3v) is 4.64. The highest BCUT2D eigenvalue weighted by atomic mass is 16.5. The zero-order valence-electron chi connectivity index (χ0n) is 20.7. The number of carbonyl (C=O) groups is 6. The van der Waals surface area contributed by atoms with Gasteiger partial charge in [0.2, 0.25) is 23.6 Å². The van der Waals surface area contributed by atoms with Crippen LogP contribution in [0.4, 0.5) is 0 Å². The van der Waals surface area contributed by atoms with E-state index in [-0.39, 0.29) is 37.5 Å². The van der Waals surface area contributed by atoms with Crippen LogP contribution < -0.4 is 21.7 Å². The van der Waals surface area contributed by atoms with E-state index in [0.29, 0.717) is 0 Å². The van der Waals surface area contributed by atoms with Crippen LogP contribution in [0.15, 0.2) is 0 Å². The normalized spacial score (nSPS) is 14.5. The van der Waals surface area contributed by atoms with E-state index in [2.05, 4.69) is 16.0 Å². The van der Waals surface area contributed by atoms with Gasteiger partial charge in [-0.15, -0.1) is 0 Å². The molecule has 0 aromatic heterocycles. The first-order valence-corrected chi connectivity index (χ1v) is 11.2. The van der Waals surface area contributed by atoms with Gasteiger partial charge >= 0.3 is 11.9 Å². The molecule has 0 aromatic rings. The van der Waals surface area contributed by atoms with Gasteiger partial charge in [0.1, 0.15) is 24.2 Å². The fourth-order valence-corrected chi connectivity index (χ4v) is 3.06. The monoisotopic (exact) mass is 486 g/mol. The number of nitrogens with one attached hydrogen (secondary N) is 3. The summed E-state index contributed by atoms with van der Waals surface area (Å²) in [6.07, 6.45) is -1.27. The number of ether oxygens (including phenoxy) is 1. The molecule has 4 amide bonds. The van der Waals surface area contributed by atoms with E-state index in [0.717, 1.165) is 0 Å². The summed E-state index contributed by atoms with van der Waals surface area (Å²) in [6, 6.07) is -3.88.